The first-order chi connectivity index (χ1) is 10.3. The molecule has 1 aliphatic rings. The molecule has 0 atom stereocenters. The van der Waals surface area contributed by atoms with Gasteiger partial charge in [-0.15, -0.1) is 0 Å². The third kappa shape index (κ3) is 2.66. The number of aryl methyl sites for hydroxylation is 1. The van der Waals surface area contributed by atoms with Crippen molar-refractivity contribution in [3.8, 4) is 11.3 Å². The van der Waals surface area contributed by atoms with Crippen LogP contribution in [0.4, 0.5) is 0 Å². The van der Waals surface area contributed by atoms with Gasteiger partial charge in [0.15, 0.2) is 0 Å². The number of hydrogen-bond acceptors (Lipinski definition) is 4. The van der Waals surface area contributed by atoms with Crippen LogP contribution in [-0.4, -0.2) is 28.3 Å². The van der Waals surface area contributed by atoms with Gasteiger partial charge in [0.1, 0.15) is 6.33 Å². The largest absolute Gasteiger partial charge is 0.514 e. The molecule has 0 aliphatic carbocycles. The minimum absolute atomic E-state index is 0.369. The fourth-order valence-corrected chi connectivity index (χ4v) is 2.43. The quantitative estimate of drug-likeness (QED) is 0.799. The molecule has 1 aromatic carbocycles. The van der Waals surface area contributed by atoms with Crippen molar-refractivity contribution in [1.82, 2.24) is 9.97 Å². The minimum Gasteiger partial charge on any atom is -0.398 e. The number of nitrogens with zero attached hydrogens (tertiary/aromatic N) is 2. The standard InChI is InChI=1S/C17H21BN2O2/c1-12-7-6-8-13(9-12)14-10-15(20-11-19-14)18-21-16(2,3)17(4,5)22-18/h6-11H,1-5H3. The summed E-state index contributed by atoms with van der Waals surface area (Å²) in [6.45, 7) is 10.2. The van der Waals surface area contributed by atoms with E-state index in [4.69, 9.17) is 9.31 Å². The third-order valence-corrected chi connectivity index (χ3v) is 4.50. The molecule has 1 aliphatic heterocycles. The van der Waals surface area contributed by atoms with Crippen LogP contribution in [0.1, 0.15) is 33.3 Å². The Bertz CT molecular complexity index is 685. The average molecular weight is 296 g/mol. The van der Waals surface area contributed by atoms with Gasteiger partial charge in [-0.2, -0.15) is 0 Å². The van der Waals surface area contributed by atoms with Gasteiger partial charge in [0.2, 0.25) is 0 Å². The summed E-state index contributed by atoms with van der Waals surface area (Å²) in [5.74, 6) is 0. The molecule has 1 aromatic heterocycles. The van der Waals surface area contributed by atoms with Crippen LogP contribution in [0.15, 0.2) is 36.7 Å². The molecule has 0 radical (unpaired) electrons. The highest BCUT2D eigenvalue weighted by Gasteiger charge is 2.52. The van der Waals surface area contributed by atoms with Crippen LogP contribution in [0.2, 0.25) is 0 Å². The summed E-state index contributed by atoms with van der Waals surface area (Å²) in [7, 11) is -0.462. The second-order valence-corrected chi connectivity index (χ2v) is 6.79. The summed E-state index contributed by atoms with van der Waals surface area (Å²) >= 11 is 0. The first-order valence-corrected chi connectivity index (χ1v) is 7.53. The molecule has 0 spiro atoms. The zero-order valence-electron chi connectivity index (χ0n) is 13.8. The van der Waals surface area contributed by atoms with Gasteiger partial charge in [-0.25, -0.2) is 9.97 Å². The maximum absolute atomic E-state index is 6.05. The summed E-state index contributed by atoms with van der Waals surface area (Å²) in [5, 5.41) is 0. The van der Waals surface area contributed by atoms with E-state index in [1.165, 1.54) is 5.56 Å². The molecule has 4 nitrogen and oxygen atoms in total. The SMILES string of the molecule is Cc1cccc(-c2cc(B3OC(C)(C)C(C)(C)O3)ncn2)c1. The van der Waals surface area contributed by atoms with Crippen LogP contribution in [0, 0.1) is 6.92 Å². The van der Waals surface area contributed by atoms with Gasteiger partial charge in [-0.1, -0.05) is 23.8 Å². The van der Waals surface area contributed by atoms with E-state index >= 15 is 0 Å². The summed E-state index contributed by atoms with van der Waals surface area (Å²) in [4.78, 5) is 8.71. The van der Waals surface area contributed by atoms with Crippen molar-refractivity contribution in [2.75, 3.05) is 0 Å². The molecule has 2 aromatic rings. The molecule has 3 rings (SSSR count). The second-order valence-electron chi connectivity index (χ2n) is 6.79. The van der Waals surface area contributed by atoms with Gasteiger partial charge in [-0.05, 0) is 46.8 Å². The topological polar surface area (TPSA) is 44.2 Å². The molecule has 0 amide bonds. The summed E-state index contributed by atoms with van der Waals surface area (Å²) in [6.07, 6.45) is 1.57. The number of benzene rings is 1. The second kappa shape index (κ2) is 5.18. The molecule has 1 saturated heterocycles. The van der Waals surface area contributed by atoms with Crippen molar-refractivity contribution in [2.45, 2.75) is 45.8 Å². The van der Waals surface area contributed by atoms with Gasteiger partial charge in [0, 0.05) is 5.56 Å². The van der Waals surface area contributed by atoms with E-state index in [1.807, 2.05) is 45.9 Å². The van der Waals surface area contributed by atoms with Crippen molar-refractivity contribution in [3.05, 3.63) is 42.2 Å². The molecular formula is C17H21BN2O2. The Morgan fingerprint density at radius 1 is 0.955 bits per heavy atom. The fraction of sp³-hybridized carbons (Fsp3) is 0.412. The lowest BCUT2D eigenvalue weighted by molar-refractivity contribution is 0.00578. The Balaban J connectivity index is 1.93. The lowest BCUT2D eigenvalue weighted by Gasteiger charge is -2.32. The maximum atomic E-state index is 6.05. The highest BCUT2D eigenvalue weighted by molar-refractivity contribution is 6.61. The number of aromatic nitrogens is 2. The van der Waals surface area contributed by atoms with Crippen LogP contribution in [-0.2, 0) is 9.31 Å². The number of hydrogen-bond donors (Lipinski definition) is 0. The van der Waals surface area contributed by atoms with E-state index in [-0.39, 0.29) is 11.2 Å². The Labute approximate surface area is 132 Å². The van der Waals surface area contributed by atoms with Gasteiger partial charge in [0.25, 0.3) is 0 Å². The van der Waals surface area contributed by atoms with Gasteiger partial charge in [0.05, 0.1) is 22.5 Å². The molecule has 0 unspecified atom stereocenters. The van der Waals surface area contributed by atoms with Crippen molar-refractivity contribution >= 4 is 12.7 Å². The highest BCUT2D eigenvalue weighted by Crippen LogP contribution is 2.36. The molecule has 1 fully saturated rings. The minimum atomic E-state index is -0.462. The smallest absolute Gasteiger partial charge is 0.398 e. The van der Waals surface area contributed by atoms with E-state index in [0.29, 0.717) is 0 Å². The predicted octanol–water partition coefficient (Wildman–Crippen LogP) is 2.75. The van der Waals surface area contributed by atoms with Gasteiger partial charge in [-0.3, -0.25) is 0 Å². The van der Waals surface area contributed by atoms with E-state index in [9.17, 15) is 0 Å². The Hall–Kier alpha value is -1.72. The van der Waals surface area contributed by atoms with Gasteiger partial charge < -0.3 is 9.31 Å². The van der Waals surface area contributed by atoms with Crippen LogP contribution in [0.3, 0.4) is 0 Å². The first-order valence-electron chi connectivity index (χ1n) is 7.53. The number of rotatable bonds is 2. The van der Waals surface area contributed by atoms with E-state index < -0.39 is 7.12 Å². The molecule has 0 saturated carbocycles. The van der Waals surface area contributed by atoms with Crippen molar-refractivity contribution in [1.29, 1.82) is 0 Å². The maximum Gasteiger partial charge on any atom is 0.514 e. The molecule has 114 valence electrons. The zero-order chi connectivity index (χ0) is 16.0. The molecule has 22 heavy (non-hydrogen) atoms. The lowest BCUT2D eigenvalue weighted by Crippen LogP contribution is -2.41. The van der Waals surface area contributed by atoms with Gasteiger partial charge >= 0.3 is 7.12 Å². The molecule has 0 N–H and O–H groups in total. The van der Waals surface area contributed by atoms with Crippen LogP contribution >= 0.6 is 0 Å². The normalized spacial score (nSPS) is 19.4. The third-order valence-electron chi connectivity index (χ3n) is 4.50. The van der Waals surface area contributed by atoms with Crippen LogP contribution < -0.4 is 5.59 Å². The van der Waals surface area contributed by atoms with E-state index in [0.717, 1.165) is 16.9 Å². The predicted molar refractivity (Wildman–Crippen MR) is 87.9 cm³/mol. The average Bonchev–Trinajstić information content (AvgIpc) is 2.68. The first kappa shape index (κ1) is 15.2. The zero-order valence-corrected chi connectivity index (χ0v) is 13.8. The molecule has 0 bridgehead atoms. The van der Waals surface area contributed by atoms with Crippen molar-refractivity contribution in [3.63, 3.8) is 0 Å². The Morgan fingerprint density at radius 3 is 2.27 bits per heavy atom. The highest BCUT2D eigenvalue weighted by atomic mass is 16.7. The summed E-state index contributed by atoms with van der Waals surface area (Å²) < 4.78 is 12.1. The van der Waals surface area contributed by atoms with Crippen molar-refractivity contribution in [2.24, 2.45) is 0 Å². The monoisotopic (exact) mass is 296 g/mol. The molecule has 5 heteroatoms. The van der Waals surface area contributed by atoms with Crippen LogP contribution in [0.5, 0.6) is 0 Å². The fourth-order valence-electron chi connectivity index (χ4n) is 2.43. The Morgan fingerprint density at radius 2 is 1.64 bits per heavy atom. The molecule has 2 heterocycles. The summed E-state index contributed by atoms with van der Waals surface area (Å²) in [6, 6.07) is 10.2. The van der Waals surface area contributed by atoms with E-state index in [1.54, 1.807) is 6.33 Å². The Kier molecular flexibility index (Phi) is 3.58. The lowest BCUT2D eigenvalue weighted by atomic mass is 9.83. The molecular weight excluding hydrogens is 275 g/mol. The van der Waals surface area contributed by atoms with Crippen molar-refractivity contribution < 1.29 is 9.31 Å². The van der Waals surface area contributed by atoms with Crippen LogP contribution in [0.25, 0.3) is 11.3 Å². The van der Waals surface area contributed by atoms with E-state index in [2.05, 4.69) is 29.0 Å². The summed E-state index contributed by atoms with van der Waals surface area (Å²) in [5.41, 5.74) is 3.17.